The molecule has 0 fully saturated rings. The van der Waals surface area contributed by atoms with Crippen LogP contribution in [0, 0.1) is 0 Å². The standard InChI is InChI=1S/2C9H21OSi.2CH3O.Ti/c2*1-7(2)11(10,8(3)4)9(5)6;2*1-2;/h2*7-9H,1-6H3;2*1H3;/q4*-1;+4. The Balaban J connectivity index is 6.39. The predicted octanol–water partition coefficient (Wildman–Crippen LogP) is 7.48. The Labute approximate surface area is 177 Å². The van der Waals surface area contributed by atoms with Gasteiger partial charge in [0.15, 0.2) is 0 Å². The minimum absolute atomic E-state index is 0.463. The predicted molar refractivity (Wildman–Crippen MR) is 118 cm³/mol. The van der Waals surface area contributed by atoms with Crippen molar-refractivity contribution >= 4 is 16.6 Å². The average Bonchev–Trinajstić information content (AvgIpc) is 2.53. The van der Waals surface area contributed by atoms with E-state index in [1.807, 2.05) is 0 Å². The van der Waals surface area contributed by atoms with Gasteiger partial charge in [0.1, 0.15) is 0 Å². The summed E-state index contributed by atoms with van der Waals surface area (Å²) in [5.41, 5.74) is 2.78. The zero-order valence-electron chi connectivity index (χ0n) is 20.6. The molecule has 0 aliphatic heterocycles. The summed E-state index contributed by atoms with van der Waals surface area (Å²) < 4.78 is 26.4. The van der Waals surface area contributed by atoms with E-state index in [1.54, 1.807) is 14.2 Å². The monoisotopic (exact) mass is 456 g/mol. The zero-order valence-corrected chi connectivity index (χ0v) is 24.2. The summed E-state index contributed by atoms with van der Waals surface area (Å²) in [7, 11) is -0.905. The molecule has 0 heterocycles. The molecular weight excluding hydrogens is 408 g/mol. The third kappa shape index (κ3) is 5.57. The molecule has 0 saturated heterocycles. The van der Waals surface area contributed by atoms with Gasteiger partial charge in [-0.25, -0.2) is 0 Å². The molecule has 0 atom stereocenters. The van der Waals surface area contributed by atoms with Crippen molar-refractivity contribution in [2.45, 2.75) is 116 Å². The first kappa shape index (κ1) is 28.0. The Morgan fingerprint density at radius 3 is 0.741 bits per heavy atom. The first-order valence-electron chi connectivity index (χ1n) is 10.7. The average molecular weight is 457 g/mol. The maximum atomic E-state index is 7.11. The van der Waals surface area contributed by atoms with Gasteiger partial charge in [-0.15, -0.1) is 0 Å². The van der Waals surface area contributed by atoms with Crippen molar-refractivity contribution in [1.82, 2.24) is 0 Å². The van der Waals surface area contributed by atoms with Crippen LogP contribution in [0.5, 0.6) is 0 Å². The molecule has 0 spiro atoms. The van der Waals surface area contributed by atoms with Gasteiger partial charge < -0.3 is 0 Å². The van der Waals surface area contributed by atoms with Gasteiger partial charge in [-0.2, -0.15) is 0 Å². The van der Waals surface area contributed by atoms with Crippen molar-refractivity contribution < 1.29 is 30.8 Å². The summed E-state index contributed by atoms with van der Waals surface area (Å²) in [6, 6.07) is 0. The van der Waals surface area contributed by atoms with Crippen LogP contribution < -0.4 is 0 Å². The first-order valence-corrected chi connectivity index (χ1v) is 17.5. The van der Waals surface area contributed by atoms with Crippen LogP contribution in [0.2, 0.25) is 33.2 Å². The molecule has 164 valence electrons. The quantitative estimate of drug-likeness (QED) is 0.285. The second-order valence-electron chi connectivity index (χ2n) is 9.75. The Bertz CT molecular complexity index is 356. The molecule has 0 bridgehead atoms. The molecule has 0 unspecified atom stereocenters. The van der Waals surface area contributed by atoms with Crippen LogP contribution in [0.1, 0.15) is 83.1 Å². The van der Waals surface area contributed by atoms with Gasteiger partial charge in [0, 0.05) is 0 Å². The van der Waals surface area contributed by atoms with Crippen LogP contribution in [0.25, 0.3) is 0 Å². The van der Waals surface area contributed by atoms with Gasteiger partial charge in [0.25, 0.3) is 0 Å². The molecule has 27 heavy (non-hydrogen) atoms. The Morgan fingerprint density at radius 2 is 0.630 bits per heavy atom. The Morgan fingerprint density at radius 1 is 0.444 bits per heavy atom. The van der Waals surface area contributed by atoms with Crippen molar-refractivity contribution in [3.63, 3.8) is 0 Å². The van der Waals surface area contributed by atoms with Crippen LogP contribution in [0.4, 0.5) is 0 Å². The second kappa shape index (κ2) is 10.8. The molecule has 0 aromatic carbocycles. The van der Waals surface area contributed by atoms with Crippen LogP contribution in [-0.2, 0) is 30.8 Å². The maximum absolute atomic E-state index is 7.11. The van der Waals surface area contributed by atoms with Crippen molar-refractivity contribution in [2.75, 3.05) is 14.2 Å². The first-order chi connectivity index (χ1) is 12.2. The van der Waals surface area contributed by atoms with Crippen LogP contribution in [0.15, 0.2) is 0 Å². The normalized spacial score (nSPS) is 14.7. The summed E-state index contributed by atoms with van der Waals surface area (Å²) in [5.74, 6) is 0. The summed E-state index contributed by atoms with van der Waals surface area (Å²) >= 11 is -3.91. The van der Waals surface area contributed by atoms with Gasteiger partial charge >= 0.3 is 178 Å². The molecular formula is C20H48O4Si2Ti. The summed E-state index contributed by atoms with van der Waals surface area (Å²) in [6.45, 7) is 27.5. The molecule has 0 rings (SSSR count). The molecule has 0 aliphatic carbocycles. The van der Waals surface area contributed by atoms with Crippen molar-refractivity contribution in [3.8, 4) is 0 Å². The molecule has 4 nitrogen and oxygen atoms in total. The third-order valence-corrected chi connectivity index (χ3v) is 25.8. The molecule has 0 N–H and O–H groups in total. The molecule has 0 saturated carbocycles. The number of hydrogen-bond donors (Lipinski definition) is 0. The topological polar surface area (TPSA) is 36.9 Å². The van der Waals surface area contributed by atoms with Crippen LogP contribution in [0.3, 0.4) is 0 Å². The van der Waals surface area contributed by atoms with Crippen molar-refractivity contribution in [1.29, 1.82) is 0 Å². The van der Waals surface area contributed by atoms with E-state index < -0.39 is 34.8 Å². The van der Waals surface area contributed by atoms with E-state index in [0.29, 0.717) is 33.2 Å². The third-order valence-electron chi connectivity index (χ3n) is 6.52. The van der Waals surface area contributed by atoms with E-state index in [1.165, 1.54) is 0 Å². The summed E-state index contributed by atoms with van der Waals surface area (Å²) in [6.07, 6.45) is 0. The summed E-state index contributed by atoms with van der Waals surface area (Å²) in [5, 5.41) is 0. The van der Waals surface area contributed by atoms with Crippen molar-refractivity contribution in [3.05, 3.63) is 0 Å². The van der Waals surface area contributed by atoms with Gasteiger partial charge in [-0.05, 0) is 0 Å². The van der Waals surface area contributed by atoms with E-state index >= 15 is 0 Å². The van der Waals surface area contributed by atoms with Crippen LogP contribution >= 0.6 is 0 Å². The van der Waals surface area contributed by atoms with Gasteiger partial charge in [0.05, 0.1) is 0 Å². The SMILES string of the molecule is C[O][Ti]([O]C)([O][Si](C(C)C)(C(C)C)C(C)C)[O][Si](C(C)C)(C(C)C)C(C)C. The molecule has 0 aromatic heterocycles. The number of hydrogen-bond acceptors (Lipinski definition) is 4. The van der Waals surface area contributed by atoms with E-state index in [9.17, 15) is 0 Å². The van der Waals surface area contributed by atoms with Crippen LogP contribution in [-0.4, -0.2) is 30.9 Å². The van der Waals surface area contributed by atoms with Gasteiger partial charge in [0.2, 0.25) is 0 Å². The Hall–Kier alpha value is 0.988. The minimum atomic E-state index is -3.91. The molecule has 0 radical (unpaired) electrons. The van der Waals surface area contributed by atoms with E-state index in [-0.39, 0.29) is 0 Å². The van der Waals surface area contributed by atoms with Crippen molar-refractivity contribution in [2.24, 2.45) is 0 Å². The molecule has 7 heteroatoms. The fourth-order valence-corrected chi connectivity index (χ4v) is 29.3. The second-order valence-corrected chi connectivity index (χ2v) is 25.2. The van der Waals surface area contributed by atoms with Gasteiger partial charge in [-0.1, -0.05) is 0 Å². The van der Waals surface area contributed by atoms with Gasteiger partial charge in [-0.3, -0.25) is 0 Å². The van der Waals surface area contributed by atoms with E-state index in [4.69, 9.17) is 12.7 Å². The fraction of sp³-hybridized carbons (Fsp3) is 1.00. The van der Waals surface area contributed by atoms with E-state index in [0.717, 1.165) is 0 Å². The molecule has 0 aromatic rings. The molecule has 0 aliphatic rings. The summed E-state index contributed by atoms with van der Waals surface area (Å²) in [4.78, 5) is 0. The zero-order chi connectivity index (χ0) is 21.8. The molecule has 0 amide bonds. The fourth-order valence-electron chi connectivity index (χ4n) is 5.41. The Kier molecular flexibility index (Phi) is 11.2. The van der Waals surface area contributed by atoms with E-state index in [2.05, 4.69) is 83.1 Å². The number of rotatable bonds is 12.